The van der Waals surface area contributed by atoms with Gasteiger partial charge in [-0.2, -0.15) is 0 Å². The van der Waals surface area contributed by atoms with Gasteiger partial charge in [0.15, 0.2) is 9.84 Å². The quantitative estimate of drug-likeness (QED) is 0.702. The molecule has 27 heavy (non-hydrogen) atoms. The standard InChI is InChI=1S/C20H22FN3O2S/c1-3-19-23-20-17(14-7-9-16(10-8-14)27(2,25)26)5-4-6-18(20)24(19)13-15(21)11-12-22/h4-11H,3,12-13,22H2,1-2H3/b15-11-. The first kappa shape index (κ1) is 19.3. The molecule has 142 valence electrons. The Labute approximate surface area is 158 Å². The Kier molecular flexibility index (Phi) is 5.43. The zero-order valence-electron chi connectivity index (χ0n) is 15.3. The van der Waals surface area contributed by atoms with E-state index in [9.17, 15) is 12.8 Å². The molecule has 5 nitrogen and oxygen atoms in total. The van der Waals surface area contributed by atoms with Crippen molar-refractivity contribution in [1.29, 1.82) is 0 Å². The lowest BCUT2D eigenvalue weighted by Crippen LogP contribution is -2.05. The molecule has 0 aliphatic heterocycles. The van der Waals surface area contributed by atoms with E-state index in [1.54, 1.807) is 24.3 Å². The number of benzene rings is 2. The predicted molar refractivity (Wildman–Crippen MR) is 106 cm³/mol. The average molecular weight is 387 g/mol. The number of sulfone groups is 1. The van der Waals surface area contributed by atoms with Crippen LogP contribution in [0.25, 0.3) is 22.2 Å². The summed E-state index contributed by atoms with van der Waals surface area (Å²) in [5, 5.41) is 0. The minimum Gasteiger partial charge on any atom is -0.327 e. The summed E-state index contributed by atoms with van der Waals surface area (Å²) in [4.78, 5) is 4.98. The number of para-hydroxylation sites is 1. The van der Waals surface area contributed by atoms with Gasteiger partial charge in [0, 0.05) is 24.8 Å². The zero-order valence-corrected chi connectivity index (χ0v) is 16.1. The maximum atomic E-state index is 14.1. The van der Waals surface area contributed by atoms with Crippen molar-refractivity contribution in [3.05, 3.63) is 60.2 Å². The summed E-state index contributed by atoms with van der Waals surface area (Å²) >= 11 is 0. The molecule has 2 aromatic carbocycles. The van der Waals surface area contributed by atoms with Gasteiger partial charge in [-0.3, -0.25) is 0 Å². The molecule has 1 aromatic heterocycles. The highest BCUT2D eigenvalue weighted by atomic mass is 32.2. The summed E-state index contributed by atoms with van der Waals surface area (Å²) in [6, 6.07) is 12.4. The maximum Gasteiger partial charge on any atom is 0.175 e. The fourth-order valence-corrected chi connectivity index (χ4v) is 3.73. The molecule has 0 atom stereocenters. The molecule has 0 radical (unpaired) electrons. The van der Waals surface area contributed by atoms with E-state index in [2.05, 4.69) is 0 Å². The van der Waals surface area contributed by atoms with Crippen LogP contribution in [0.1, 0.15) is 12.7 Å². The molecule has 0 aliphatic rings. The van der Waals surface area contributed by atoms with Gasteiger partial charge in [0.05, 0.1) is 22.5 Å². The summed E-state index contributed by atoms with van der Waals surface area (Å²) in [6.07, 6.45) is 3.21. The van der Waals surface area contributed by atoms with Gasteiger partial charge in [0.2, 0.25) is 0 Å². The van der Waals surface area contributed by atoms with Gasteiger partial charge in [-0.25, -0.2) is 17.8 Å². The molecule has 0 unspecified atom stereocenters. The van der Waals surface area contributed by atoms with Gasteiger partial charge >= 0.3 is 0 Å². The number of imidazole rings is 1. The fourth-order valence-electron chi connectivity index (χ4n) is 3.10. The Hall–Kier alpha value is -2.51. The Morgan fingerprint density at radius 1 is 1.22 bits per heavy atom. The number of hydrogen-bond donors (Lipinski definition) is 1. The molecule has 0 aliphatic carbocycles. The van der Waals surface area contributed by atoms with Gasteiger partial charge in [-0.1, -0.05) is 31.2 Å². The van der Waals surface area contributed by atoms with Gasteiger partial charge in [0.1, 0.15) is 11.7 Å². The summed E-state index contributed by atoms with van der Waals surface area (Å²) in [5.41, 5.74) is 8.74. The second kappa shape index (κ2) is 7.62. The highest BCUT2D eigenvalue weighted by molar-refractivity contribution is 7.90. The van der Waals surface area contributed by atoms with E-state index in [1.165, 1.54) is 12.3 Å². The van der Waals surface area contributed by atoms with Crippen LogP contribution in [0.3, 0.4) is 0 Å². The van der Waals surface area contributed by atoms with E-state index in [-0.39, 0.29) is 23.8 Å². The van der Waals surface area contributed by atoms with Gasteiger partial charge in [-0.05, 0) is 29.8 Å². The van der Waals surface area contributed by atoms with Crippen LogP contribution >= 0.6 is 0 Å². The van der Waals surface area contributed by atoms with E-state index in [0.29, 0.717) is 6.42 Å². The van der Waals surface area contributed by atoms with E-state index in [1.807, 2.05) is 29.7 Å². The molecule has 7 heteroatoms. The molecular weight excluding hydrogens is 365 g/mol. The van der Waals surface area contributed by atoms with Crippen LogP contribution in [0.4, 0.5) is 4.39 Å². The first-order chi connectivity index (χ1) is 12.8. The van der Waals surface area contributed by atoms with Crippen LogP contribution in [-0.4, -0.2) is 30.8 Å². The molecule has 0 saturated heterocycles. The van der Waals surface area contributed by atoms with Crippen LogP contribution in [-0.2, 0) is 22.8 Å². The third kappa shape index (κ3) is 3.94. The fraction of sp³-hybridized carbons (Fsp3) is 0.250. The Morgan fingerprint density at radius 3 is 2.52 bits per heavy atom. The molecule has 0 fully saturated rings. The molecule has 0 bridgehead atoms. The number of rotatable bonds is 6. The van der Waals surface area contributed by atoms with Crippen molar-refractivity contribution in [3.8, 4) is 11.1 Å². The smallest absolute Gasteiger partial charge is 0.175 e. The van der Waals surface area contributed by atoms with E-state index in [4.69, 9.17) is 10.7 Å². The topological polar surface area (TPSA) is 78.0 Å². The normalized spacial score (nSPS) is 12.7. The van der Waals surface area contributed by atoms with Crippen LogP contribution in [0.2, 0.25) is 0 Å². The van der Waals surface area contributed by atoms with Crippen LogP contribution < -0.4 is 5.73 Å². The van der Waals surface area contributed by atoms with Crippen molar-refractivity contribution in [2.45, 2.75) is 24.8 Å². The lowest BCUT2D eigenvalue weighted by atomic mass is 10.0. The van der Waals surface area contributed by atoms with Crippen LogP contribution in [0.15, 0.2) is 59.3 Å². The third-order valence-corrected chi connectivity index (χ3v) is 5.54. The number of nitrogens with zero attached hydrogens (tertiary/aromatic N) is 2. The van der Waals surface area contributed by atoms with Crippen LogP contribution in [0, 0.1) is 0 Å². The SMILES string of the molecule is CCc1nc2c(-c3ccc(S(C)(=O)=O)cc3)cccc2n1C/C(F)=C/CN. The lowest BCUT2D eigenvalue weighted by Gasteiger charge is -2.08. The maximum absolute atomic E-state index is 14.1. The van der Waals surface area contributed by atoms with E-state index >= 15 is 0 Å². The van der Waals surface area contributed by atoms with Crippen LogP contribution in [0.5, 0.6) is 0 Å². The number of aromatic nitrogens is 2. The van der Waals surface area contributed by atoms with E-state index in [0.717, 1.165) is 28.0 Å². The van der Waals surface area contributed by atoms with Crippen molar-refractivity contribution in [2.75, 3.05) is 12.8 Å². The molecule has 3 rings (SSSR count). The molecule has 0 spiro atoms. The first-order valence-electron chi connectivity index (χ1n) is 8.68. The van der Waals surface area contributed by atoms with Crippen molar-refractivity contribution in [1.82, 2.24) is 9.55 Å². The first-order valence-corrected chi connectivity index (χ1v) is 10.6. The van der Waals surface area contributed by atoms with Crippen molar-refractivity contribution >= 4 is 20.9 Å². The van der Waals surface area contributed by atoms with Gasteiger partial charge < -0.3 is 10.3 Å². The Balaban J connectivity index is 2.13. The van der Waals surface area contributed by atoms with Gasteiger partial charge in [-0.15, -0.1) is 0 Å². The number of allylic oxidation sites excluding steroid dienone is 1. The molecule has 3 aromatic rings. The zero-order chi connectivity index (χ0) is 19.6. The second-order valence-corrected chi connectivity index (χ2v) is 8.34. The molecule has 1 heterocycles. The average Bonchev–Trinajstić information content (AvgIpc) is 2.99. The highest BCUT2D eigenvalue weighted by Gasteiger charge is 2.15. The Bertz CT molecular complexity index is 1100. The lowest BCUT2D eigenvalue weighted by molar-refractivity contribution is 0.549. The van der Waals surface area contributed by atoms with Crippen molar-refractivity contribution in [2.24, 2.45) is 5.73 Å². The molecule has 0 saturated carbocycles. The summed E-state index contributed by atoms with van der Waals surface area (Å²) < 4.78 is 39.3. The molecule has 0 amide bonds. The predicted octanol–water partition coefficient (Wildman–Crippen LogP) is 3.48. The number of halogens is 1. The van der Waals surface area contributed by atoms with Gasteiger partial charge in [0.25, 0.3) is 0 Å². The number of hydrogen-bond acceptors (Lipinski definition) is 4. The van der Waals surface area contributed by atoms with Crippen molar-refractivity contribution in [3.63, 3.8) is 0 Å². The monoisotopic (exact) mass is 387 g/mol. The number of aryl methyl sites for hydroxylation is 1. The number of fused-ring (bicyclic) bond motifs is 1. The Morgan fingerprint density at radius 2 is 1.93 bits per heavy atom. The number of nitrogens with two attached hydrogens (primary N) is 1. The second-order valence-electron chi connectivity index (χ2n) is 6.32. The largest absolute Gasteiger partial charge is 0.327 e. The summed E-state index contributed by atoms with van der Waals surface area (Å²) in [5.74, 6) is 0.486. The highest BCUT2D eigenvalue weighted by Crippen LogP contribution is 2.30. The van der Waals surface area contributed by atoms with E-state index < -0.39 is 9.84 Å². The summed E-state index contributed by atoms with van der Waals surface area (Å²) in [6.45, 7) is 2.22. The minimum atomic E-state index is -3.25. The van der Waals surface area contributed by atoms with Crippen molar-refractivity contribution < 1.29 is 12.8 Å². The molecule has 2 N–H and O–H groups in total. The molecular formula is C20H22FN3O2S. The summed E-state index contributed by atoms with van der Waals surface area (Å²) in [7, 11) is -3.25. The minimum absolute atomic E-state index is 0.0906. The third-order valence-electron chi connectivity index (χ3n) is 4.42.